The van der Waals surface area contributed by atoms with Crippen molar-refractivity contribution in [1.82, 2.24) is 30.3 Å². The number of aromatic nitrogens is 5. The van der Waals surface area contributed by atoms with Gasteiger partial charge in [0.25, 0.3) is 0 Å². The van der Waals surface area contributed by atoms with Gasteiger partial charge in [-0.2, -0.15) is 5.10 Å². The number of alkyl halides is 1. The quantitative estimate of drug-likeness (QED) is 0.497. The Balaban J connectivity index is 0.00000193. The van der Waals surface area contributed by atoms with Crippen LogP contribution in [0.3, 0.4) is 0 Å². The summed E-state index contributed by atoms with van der Waals surface area (Å²) in [5.41, 5.74) is 1.61. The summed E-state index contributed by atoms with van der Waals surface area (Å²) in [6.45, 7) is 7.81. The summed E-state index contributed by atoms with van der Waals surface area (Å²) in [5, 5.41) is 29.6. The number of phenols is 1. The second kappa shape index (κ2) is 9.79. The number of hydrogen-bond acceptors (Lipinski definition) is 7. The number of halogens is 3. The molecule has 11 heteroatoms. The standard InChI is InChI=1S/C22H28FN7O.2ClH/c1-21(2)11-16(19(23)22(3,4)29-21)25-20-24-12-17(26-27-20)14-7-6-13(10-18(14)31)15-8-9-30(5)28-15;;/h6-10,12,16,19,29,31H,11H2,1-5H3,(H,24,25,27);2*1H/t16-,19-;;/m0../s1. The third-order valence-electron chi connectivity index (χ3n) is 5.59. The van der Waals surface area contributed by atoms with Crippen LogP contribution < -0.4 is 10.6 Å². The van der Waals surface area contributed by atoms with E-state index in [0.717, 1.165) is 11.3 Å². The van der Waals surface area contributed by atoms with Crippen LogP contribution in [0.2, 0.25) is 0 Å². The van der Waals surface area contributed by atoms with E-state index in [1.54, 1.807) is 16.8 Å². The van der Waals surface area contributed by atoms with Crippen molar-refractivity contribution in [3.05, 3.63) is 36.7 Å². The maximum absolute atomic E-state index is 15.0. The molecule has 1 aliphatic heterocycles. The molecular formula is C22H30Cl2FN7O. The topological polar surface area (TPSA) is 101 Å². The second-order valence-corrected chi connectivity index (χ2v) is 9.36. The summed E-state index contributed by atoms with van der Waals surface area (Å²) in [6.07, 6.45) is 2.83. The van der Waals surface area contributed by atoms with E-state index in [1.807, 2.05) is 39.2 Å². The molecule has 0 bridgehead atoms. The van der Waals surface area contributed by atoms with Crippen molar-refractivity contribution in [2.75, 3.05) is 5.32 Å². The van der Waals surface area contributed by atoms with E-state index in [4.69, 9.17) is 0 Å². The molecule has 8 nitrogen and oxygen atoms in total. The maximum Gasteiger partial charge on any atom is 0.243 e. The molecule has 1 aliphatic rings. The molecule has 0 saturated carbocycles. The van der Waals surface area contributed by atoms with Crippen LogP contribution in [0.15, 0.2) is 36.7 Å². The van der Waals surface area contributed by atoms with Gasteiger partial charge in [0, 0.05) is 35.4 Å². The fraction of sp³-hybridized carbons (Fsp3) is 0.455. The first-order valence-corrected chi connectivity index (χ1v) is 10.3. The number of anilines is 1. The first-order valence-electron chi connectivity index (χ1n) is 10.3. The molecule has 0 unspecified atom stereocenters. The van der Waals surface area contributed by atoms with Gasteiger partial charge in [-0.3, -0.25) is 4.68 Å². The Morgan fingerprint density at radius 2 is 1.85 bits per heavy atom. The molecule has 3 N–H and O–H groups in total. The number of rotatable bonds is 4. The number of hydrogen-bond donors (Lipinski definition) is 3. The van der Waals surface area contributed by atoms with Crippen LogP contribution >= 0.6 is 24.8 Å². The van der Waals surface area contributed by atoms with E-state index in [2.05, 4.69) is 44.8 Å². The highest BCUT2D eigenvalue weighted by atomic mass is 35.5. The number of aromatic hydroxyl groups is 1. The van der Waals surface area contributed by atoms with Crippen LogP contribution in [0.1, 0.15) is 34.1 Å². The van der Waals surface area contributed by atoms with Gasteiger partial charge in [-0.15, -0.1) is 35.0 Å². The number of phenolic OH excluding ortho intramolecular Hbond substituents is 1. The lowest BCUT2D eigenvalue weighted by atomic mass is 9.78. The highest BCUT2D eigenvalue weighted by Crippen LogP contribution is 2.33. The molecule has 1 saturated heterocycles. The largest absolute Gasteiger partial charge is 0.507 e. The molecule has 180 valence electrons. The average Bonchev–Trinajstić information content (AvgIpc) is 3.12. The molecule has 2 aromatic heterocycles. The summed E-state index contributed by atoms with van der Waals surface area (Å²) >= 11 is 0. The van der Waals surface area contributed by atoms with Crippen LogP contribution in [0.4, 0.5) is 10.3 Å². The molecule has 1 aromatic carbocycles. The van der Waals surface area contributed by atoms with Crippen molar-refractivity contribution in [2.24, 2.45) is 7.05 Å². The normalized spacial score (nSPS) is 20.9. The van der Waals surface area contributed by atoms with Gasteiger partial charge in [-0.25, -0.2) is 9.37 Å². The first-order chi connectivity index (χ1) is 14.5. The average molecular weight is 498 g/mol. The molecule has 0 radical (unpaired) electrons. The lowest BCUT2D eigenvalue weighted by Crippen LogP contribution is -2.67. The van der Waals surface area contributed by atoms with E-state index in [0.29, 0.717) is 17.7 Å². The molecule has 4 rings (SSSR count). The summed E-state index contributed by atoms with van der Waals surface area (Å²) < 4.78 is 16.7. The SMILES string of the molecule is Cl.Cl.Cn1ccc(-c2ccc(-c3cnc(N[C@H]4CC(C)(C)NC(C)(C)[C@H]4F)nn3)c(O)c2)n1. The lowest BCUT2D eigenvalue weighted by molar-refractivity contribution is 0.0654. The van der Waals surface area contributed by atoms with E-state index in [1.165, 1.54) is 6.20 Å². The third kappa shape index (κ3) is 5.72. The fourth-order valence-corrected chi connectivity index (χ4v) is 4.38. The number of nitrogens with zero attached hydrogens (tertiary/aromatic N) is 5. The van der Waals surface area contributed by atoms with Crippen molar-refractivity contribution in [2.45, 2.75) is 57.4 Å². The number of nitrogens with one attached hydrogen (secondary N) is 2. The zero-order chi connectivity index (χ0) is 22.4. The highest BCUT2D eigenvalue weighted by Gasteiger charge is 2.46. The van der Waals surface area contributed by atoms with E-state index in [9.17, 15) is 9.50 Å². The van der Waals surface area contributed by atoms with Gasteiger partial charge >= 0.3 is 0 Å². The van der Waals surface area contributed by atoms with Crippen molar-refractivity contribution < 1.29 is 9.50 Å². The molecule has 0 aliphatic carbocycles. The summed E-state index contributed by atoms with van der Waals surface area (Å²) in [7, 11) is 1.84. The van der Waals surface area contributed by atoms with E-state index < -0.39 is 17.8 Å². The smallest absolute Gasteiger partial charge is 0.243 e. The number of aryl methyl sites for hydroxylation is 1. The fourth-order valence-electron chi connectivity index (χ4n) is 4.38. The van der Waals surface area contributed by atoms with Gasteiger partial charge in [-0.1, -0.05) is 6.07 Å². The van der Waals surface area contributed by atoms with Gasteiger partial charge < -0.3 is 15.7 Å². The van der Waals surface area contributed by atoms with E-state index >= 15 is 0 Å². The minimum absolute atomic E-state index is 0. The van der Waals surface area contributed by atoms with Crippen molar-refractivity contribution in [1.29, 1.82) is 0 Å². The second-order valence-electron chi connectivity index (χ2n) is 9.36. The molecule has 33 heavy (non-hydrogen) atoms. The Hall–Kier alpha value is -2.49. The molecule has 3 heterocycles. The highest BCUT2D eigenvalue weighted by molar-refractivity contribution is 5.85. The van der Waals surface area contributed by atoms with Crippen LogP contribution in [0.25, 0.3) is 22.5 Å². The van der Waals surface area contributed by atoms with Crippen LogP contribution in [0.5, 0.6) is 5.75 Å². The Bertz CT molecular complexity index is 1090. The van der Waals surface area contributed by atoms with Crippen molar-refractivity contribution in [3.8, 4) is 28.3 Å². The summed E-state index contributed by atoms with van der Waals surface area (Å²) in [4.78, 5) is 4.31. The van der Waals surface area contributed by atoms with Crippen molar-refractivity contribution >= 4 is 30.8 Å². The van der Waals surface area contributed by atoms with Crippen LogP contribution in [0, 0.1) is 0 Å². The molecule has 0 amide bonds. The summed E-state index contributed by atoms with van der Waals surface area (Å²) in [6, 6.07) is 6.69. The van der Waals surface area contributed by atoms with Crippen LogP contribution in [-0.4, -0.2) is 53.4 Å². The van der Waals surface area contributed by atoms with Gasteiger partial charge in [0.05, 0.1) is 17.9 Å². The number of benzene rings is 1. The first kappa shape index (κ1) is 26.8. The molecular weight excluding hydrogens is 468 g/mol. The third-order valence-corrected chi connectivity index (χ3v) is 5.59. The maximum atomic E-state index is 15.0. The zero-order valence-electron chi connectivity index (χ0n) is 19.2. The zero-order valence-corrected chi connectivity index (χ0v) is 20.8. The number of piperidine rings is 1. The molecule has 3 aromatic rings. The van der Waals surface area contributed by atoms with Gasteiger partial charge in [0.2, 0.25) is 5.95 Å². The minimum atomic E-state index is -1.12. The lowest BCUT2D eigenvalue weighted by Gasteiger charge is -2.48. The molecule has 0 spiro atoms. The van der Waals surface area contributed by atoms with Gasteiger partial charge in [0.15, 0.2) is 0 Å². The van der Waals surface area contributed by atoms with Crippen LogP contribution in [-0.2, 0) is 7.05 Å². The predicted molar refractivity (Wildman–Crippen MR) is 132 cm³/mol. The Morgan fingerprint density at radius 1 is 1.12 bits per heavy atom. The predicted octanol–water partition coefficient (Wildman–Crippen LogP) is 4.16. The molecule has 1 fully saturated rings. The van der Waals surface area contributed by atoms with Gasteiger partial charge in [0.1, 0.15) is 17.6 Å². The Kier molecular flexibility index (Phi) is 7.94. The van der Waals surface area contributed by atoms with Gasteiger partial charge in [-0.05, 0) is 52.3 Å². The summed E-state index contributed by atoms with van der Waals surface area (Å²) in [5.74, 6) is 0.320. The minimum Gasteiger partial charge on any atom is -0.507 e. The monoisotopic (exact) mass is 497 g/mol. The molecule has 2 atom stereocenters. The van der Waals surface area contributed by atoms with Crippen molar-refractivity contribution in [3.63, 3.8) is 0 Å². The Labute approximate surface area is 205 Å². The Morgan fingerprint density at radius 3 is 2.42 bits per heavy atom. The van der Waals surface area contributed by atoms with E-state index in [-0.39, 0.29) is 42.1 Å².